The summed E-state index contributed by atoms with van der Waals surface area (Å²) < 4.78 is 24.9. The lowest BCUT2D eigenvalue weighted by Crippen LogP contribution is -2.26. The van der Waals surface area contributed by atoms with Crippen molar-refractivity contribution in [2.45, 2.75) is 11.5 Å². The van der Waals surface area contributed by atoms with Gasteiger partial charge in [-0.3, -0.25) is 0 Å². The molecule has 6 heteroatoms. The van der Waals surface area contributed by atoms with Crippen LogP contribution < -0.4 is 0 Å². The Bertz CT molecular complexity index is 436. The lowest BCUT2D eigenvalue weighted by molar-refractivity contribution is 0.285. The summed E-state index contributed by atoms with van der Waals surface area (Å²) in [5.74, 6) is 0. The molecular formula is C9H13NO3S2. The van der Waals surface area contributed by atoms with Crippen LogP contribution in [0.15, 0.2) is 29.0 Å². The molecule has 0 spiro atoms. The van der Waals surface area contributed by atoms with Crippen LogP contribution in [0.5, 0.6) is 0 Å². The SMILES string of the molecule is C=CCN(C)S(=O)(=O)c1csc(CO)c1. The number of aliphatic hydroxyl groups is 1. The molecule has 0 amide bonds. The third kappa shape index (κ3) is 2.66. The van der Waals surface area contributed by atoms with Gasteiger partial charge in [-0.05, 0) is 6.07 Å². The van der Waals surface area contributed by atoms with Gasteiger partial charge >= 0.3 is 0 Å². The first kappa shape index (κ1) is 12.4. The summed E-state index contributed by atoms with van der Waals surface area (Å²) in [5, 5.41) is 10.4. The van der Waals surface area contributed by atoms with E-state index in [2.05, 4.69) is 6.58 Å². The van der Waals surface area contributed by atoms with E-state index in [9.17, 15) is 8.42 Å². The lowest BCUT2D eigenvalue weighted by atomic mass is 10.5. The average molecular weight is 247 g/mol. The fourth-order valence-corrected chi connectivity index (χ4v) is 3.30. The summed E-state index contributed by atoms with van der Waals surface area (Å²) >= 11 is 1.23. The lowest BCUT2D eigenvalue weighted by Gasteiger charge is -2.13. The zero-order valence-corrected chi connectivity index (χ0v) is 10.0. The van der Waals surface area contributed by atoms with E-state index in [4.69, 9.17) is 5.11 Å². The molecule has 0 saturated carbocycles. The van der Waals surface area contributed by atoms with Crippen molar-refractivity contribution in [2.75, 3.05) is 13.6 Å². The van der Waals surface area contributed by atoms with Crippen LogP contribution in [0.4, 0.5) is 0 Å². The highest BCUT2D eigenvalue weighted by molar-refractivity contribution is 7.89. The van der Waals surface area contributed by atoms with Gasteiger partial charge in [0, 0.05) is 23.8 Å². The number of hydrogen-bond donors (Lipinski definition) is 1. The van der Waals surface area contributed by atoms with E-state index >= 15 is 0 Å². The minimum atomic E-state index is -3.43. The Morgan fingerprint density at radius 1 is 1.67 bits per heavy atom. The molecule has 0 radical (unpaired) electrons. The number of aliphatic hydroxyl groups excluding tert-OH is 1. The van der Waals surface area contributed by atoms with Gasteiger partial charge in [0.05, 0.1) is 11.5 Å². The molecule has 4 nitrogen and oxygen atoms in total. The van der Waals surface area contributed by atoms with E-state index in [-0.39, 0.29) is 18.0 Å². The molecule has 0 atom stereocenters. The Hall–Kier alpha value is -0.690. The second-order valence-electron chi connectivity index (χ2n) is 2.98. The first-order chi connectivity index (χ1) is 7.02. The van der Waals surface area contributed by atoms with Crippen molar-refractivity contribution in [3.8, 4) is 0 Å². The first-order valence-electron chi connectivity index (χ1n) is 4.28. The normalized spacial score (nSPS) is 11.9. The van der Waals surface area contributed by atoms with Crippen LogP contribution in [0.2, 0.25) is 0 Å². The topological polar surface area (TPSA) is 57.6 Å². The zero-order valence-electron chi connectivity index (χ0n) is 8.38. The molecule has 0 aliphatic rings. The summed E-state index contributed by atoms with van der Waals surface area (Å²) in [5.41, 5.74) is 0. The van der Waals surface area contributed by atoms with Gasteiger partial charge in [0.25, 0.3) is 0 Å². The summed E-state index contributed by atoms with van der Waals surface area (Å²) in [6.45, 7) is 3.62. The summed E-state index contributed by atoms with van der Waals surface area (Å²) in [7, 11) is -1.94. The maximum atomic E-state index is 11.9. The van der Waals surface area contributed by atoms with Gasteiger partial charge in [-0.1, -0.05) is 6.08 Å². The van der Waals surface area contributed by atoms with E-state index in [1.807, 2.05) is 0 Å². The van der Waals surface area contributed by atoms with E-state index in [0.717, 1.165) is 0 Å². The molecule has 1 aromatic rings. The molecular weight excluding hydrogens is 234 g/mol. The van der Waals surface area contributed by atoms with Crippen molar-refractivity contribution in [1.29, 1.82) is 0 Å². The summed E-state index contributed by atoms with van der Waals surface area (Å²) in [6, 6.07) is 1.49. The largest absolute Gasteiger partial charge is 0.391 e. The standard InChI is InChI=1S/C9H13NO3S2/c1-3-4-10(2)15(12,13)9-5-8(6-11)14-7-9/h3,5,7,11H,1,4,6H2,2H3. The Kier molecular flexibility index (Phi) is 4.04. The molecule has 1 N–H and O–H groups in total. The number of rotatable bonds is 5. The van der Waals surface area contributed by atoms with Crippen molar-refractivity contribution in [2.24, 2.45) is 0 Å². The van der Waals surface area contributed by atoms with Gasteiger partial charge in [-0.2, -0.15) is 4.31 Å². The Labute approximate surface area is 93.5 Å². The number of hydrogen-bond acceptors (Lipinski definition) is 4. The van der Waals surface area contributed by atoms with Crippen LogP contribution in [-0.2, 0) is 16.6 Å². The monoisotopic (exact) mass is 247 g/mol. The molecule has 0 bridgehead atoms. The highest BCUT2D eigenvalue weighted by Gasteiger charge is 2.20. The van der Waals surface area contributed by atoms with Gasteiger partial charge in [-0.25, -0.2) is 8.42 Å². The molecule has 84 valence electrons. The fraction of sp³-hybridized carbons (Fsp3) is 0.333. The zero-order chi connectivity index (χ0) is 11.5. The molecule has 15 heavy (non-hydrogen) atoms. The fourth-order valence-electron chi connectivity index (χ4n) is 1.04. The van der Waals surface area contributed by atoms with Gasteiger partial charge in [-0.15, -0.1) is 17.9 Å². The molecule has 1 rings (SSSR count). The van der Waals surface area contributed by atoms with Crippen molar-refractivity contribution >= 4 is 21.4 Å². The Morgan fingerprint density at radius 2 is 2.33 bits per heavy atom. The van der Waals surface area contributed by atoms with E-state index in [1.54, 1.807) is 0 Å². The molecule has 0 fully saturated rings. The highest BCUT2D eigenvalue weighted by atomic mass is 32.2. The van der Waals surface area contributed by atoms with Crippen molar-refractivity contribution < 1.29 is 13.5 Å². The summed E-state index contributed by atoms with van der Waals surface area (Å²) in [6.07, 6.45) is 1.52. The smallest absolute Gasteiger partial charge is 0.243 e. The number of likely N-dealkylation sites (N-methyl/N-ethyl adjacent to an activating group) is 1. The quantitative estimate of drug-likeness (QED) is 0.791. The second-order valence-corrected chi connectivity index (χ2v) is 6.02. The minimum Gasteiger partial charge on any atom is -0.391 e. The third-order valence-corrected chi connectivity index (χ3v) is 4.75. The second kappa shape index (κ2) is 4.89. The van der Waals surface area contributed by atoms with Gasteiger partial charge in [0.2, 0.25) is 10.0 Å². The highest BCUT2D eigenvalue weighted by Crippen LogP contribution is 2.21. The van der Waals surface area contributed by atoms with Crippen LogP contribution >= 0.6 is 11.3 Å². The number of sulfonamides is 1. The van der Waals surface area contributed by atoms with Crippen molar-refractivity contribution in [1.82, 2.24) is 4.31 Å². The predicted molar refractivity (Wildman–Crippen MR) is 60.3 cm³/mol. The molecule has 0 unspecified atom stereocenters. The average Bonchev–Trinajstić information content (AvgIpc) is 2.66. The van der Waals surface area contributed by atoms with Crippen molar-refractivity contribution in [3.63, 3.8) is 0 Å². The molecule has 1 heterocycles. The first-order valence-corrected chi connectivity index (χ1v) is 6.60. The van der Waals surface area contributed by atoms with Gasteiger partial charge in [0.15, 0.2) is 0 Å². The van der Waals surface area contributed by atoms with Crippen LogP contribution in [0.25, 0.3) is 0 Å². The van der Waals surface area contributed by atoms with Gasteiger partial charge in [0.1, 0.15) is 0 Å². The van der Waals surface area contributed by atoms with Crippen LogP contribution in [0.3, 0.4) is 0 Å². The van der Waals surface area contributed by atoms with Crippen LogP contribution in [-0.4, -0.2) is 31.4 Å². The molecule has 0 aromatic carbocycles. The predicted octanol–water partition coefficient (Wildman–Crippen LogP) is 1.05. The minimum absolute atomic E-state index is 0.134. The van der Waals surface area contributed by atoms with E-state index < -0.39 is 10.0 Å². The van der Waals surface area contributed by atoms with Gasteiger partial charge < -0.3 is 5.11 Å². The summed E-state index contributed by atoms with van der Waals surface area (Å²) in [4.78, 5) is 0.862. The Morgan fingerprint density at radius 3 is 2.80 bits per heavy atom. The number of nitrogens with zero attached hydrogens (tertiary/aromatic N) is 1. The molecule has 0 aliphatic heterocycles. The Balaban J connectivity index is 3.00. The van der Waals surface area contributed by atoms with Crippen molar-refractivity contribution in [3.05, 3.63) is 29.0 Å². The van der Waals surface area contributed by atoms with Crippen LogP contribution in [0.1, 0.15) is 4.88 Å². The van der Waals surface area contributed by atoms with E-state index in [1.165, 1.54) is 40.2 Å². The molecule has 0 aliphatic carbocycles. The molecule has 0 saturated heterocycles. The maximum Gasteiger partial charge on any atom is 0.243 e. The maximum absolute atomic E-state index is 11.9. The van der Waals surface area contributed by atoms with Crippen LogP contribution in [0, 0.1) is 0 Å². The van der Waals surface area contributed by atoms with E-state index in [0.29, 0.717) is 4.88 Å². The third-order valence-electron chi connectivity index (χ3n) is 1.88. The number of thiophene rings is 1. The molecule has 1 aromatic heterocycles.